The molecule has 4 nitrogen and oxygen atoms in total. The summed E-state index contributed by atoms with van der Waals surface area (Å²) in [6.45, 7) is 2.59. The van der Waals surface area contributed by atoms with Gasteiger partial charge in [-0.2, -0.15) is 8.78 Å². The van der Waals surface area contributed by atoms with Gasteiger partial charge in [-0.25, -0.2) is 0 Å². The number of nitrogens with two attached hydrogens (primary N) is 1. The highest BCUT2D eigenvalue weighted by molar-refractivity contribution is 7.99. The third-order valence-electron chi connectivity index (χ3n) is 1.49. The van der Waals surface area contributed by atoms with Gasteiger partial charge in [0.2, 0.25) is 0 Å². The van der Waals surface area contributed by atoms with Crippen molar-refractivity contribution in [2.24, 2.45) is 5.73 Å². The predicted octanol–water partition coefficient (Wildman–Crippen LogP) is 1.07. The fourth-order valence-electron chi connectivity index (χ4n) is 0.955. The number of halogens is 2. The molecule has 0 aromatic carbocycles. The van der Waals surface area contributed by atoms with E-state index in [0.29, 0.717) is 24.1 Å². The Balaban J connectivity index is 2.87. The lowest BCUT2D eigenvalue weighted by molar-refractivity contribution is 0.251. The van der Waals surface area contributed by atoms with Crippen LogP contribution in [0.2, 0.25) is 0 Å². The van der Waals surface area contributed by atoms with Crippen molar-refractivity contribution in [2.45, 2.75) is 30.9 Å². The molecule has 0 spiro atoms. The molecule has 13 heavy (non-hydrogen) atoms. The van der Waals surface area contributed by atoms with Crippen molar-refractivity contribution in [1.29, 1.82) is 0 Å². The molecule has 0 aliphatic carbocycles. The Hall–Kier alpha value is -0.690. The Morgan fingerprint density at radius 2 is 2.23 bits per heavy atom. The molecule has 0 saturated heterocycles. The monoisotopic (exact) mass is 208 g/mol. The zero-order chi connectivity index (χ0) is 9.84. The molecule has 0 aliphatic heterocycles. The number of aromatic nitrogens is 3. The zero-order valence-electron chi connectivity index (χ0n) is 7.07. The van der Waals surface area contributed by atoms with Crippen LogP contribution in [0.3, 0.4) is 0 Å². The summed E-state index contributed by atoms with van der Waals surface area (Å²) >= 11 is 0.386. The first-order valence-electron chi connectivity index (χ1n) is 3.76. The van der Waals surface area contributed by atoms with Crippen LogP contribution in [-0.2, 0) is 13.1 Å². The van der Waals surface area contributed by atoms with E-state index in [4.69, 9.17) is 5.73 Å². The summed E-state index contributed by atoms with van der Waals surface area (Å²) in [5.41, 5.74) is 5.35. The van der Waals surface area contributed by atoms with Crippen LogP contribution in [0.1, 0.15) is 12.7 Å². The van der Waals surface area contributed by atoms with Crippen molar-refractivity contribution in [3.8, 4) is 0 Å². The van der Waals surface area contributed by atoms with Gasteiger partial charge in [0.1, 0.15) is 5.82 Å². The molecule has 0 radical (unpaired) electrons. The van der Waals surface area contributed by atoms with E-state index in [9.17, 15) is 8.78 Å². The fourth-order valence-corrected chi connectivity index (χ4v) is 1.56. The Bertz CT molecular complexity index is 276. The maximum Gasteiger partial charge on any atom is 0.291 e. The lowest BCUT2D eigenvalue weighted by Crippen LogP contribution is -2.08. The van der Waals surface area contributed by atoms with E-state index in [1.807, 2.05) is 6.92 Å². The molecule has 1 aromatic heterocycles. The molecule has 2 N–H and O–H groups in total. The highest BCUT2D eigenvalue weighted by Crippen LogP contribution is 2.23. The van der Waals surface area contributed by atoms with Crippen LogP contribution < -0.4 is 5.73 Å². The molecule has 0 fully saturated rings. The van der Waals surface area contributed by atoms with Gasteiger partial charge in [-0.15, -0.1) is 10.2 Å². The minimum absolute atomic E-state index is 0.213. The summed E-state index contributed by atoms with van der Waals surface area (Å²) in [4.78, 5) is 0. The molecule has 0 unspecified atom stereocenters. The molecule has 0 saturated carbocycles. The van der Waals surface area contributed by atoms with E-state index >= 15 is 0 Å². The van der Waals surface area contributed by atoms with E-state index in [1.165, 1.54) is 0 Å². The number of hydrogen-bond donors (Lipinski definition) is 1. The highest BCUT2D eigenvalue weighted by atomic mass is 32.2. The van der Waals surface area contributed by atoms with Gasteiger partial charge < -0.3 is 10.3 Å². The Kier molecular flexibility index (Phi) is 3.61. The average Bonchev–Trinajstić information content (AvgIpc) is 2.45. The Labute approximate surface area is 78.5 Å². The lowest BCUT2D eigenvalue weighted by Gasteiger charge is -2.04. The summed E-state index contributed by atoms with van der Waals surface area (Å²) in [7, 11) is 0. The van der Waals surface area contributed by atoms with Gasteiger partial charge in [0.05, 0.1) is 6.54 Å². The molecule has 1 aromatic rings. The highest BCUT2D eigenvalue weighted by Gasteiger charge is 2.14. The van der Waals surface area contributed by atoms with E-state index in [-0.39, 0.29) is 11.7 Å². The third kappa shape index (κ3) is 2.38. The molecule has 1 heterocycles. The fraction of sp³-hybridized carbons (Fsp3) is 0.667. The van der Waals surface area contributed by atoms with Crippen molar-refractivity contribution in [3.05, 3.63) is 5.82 Å². The van der Waals surface area contributed by atoms with Crippen LogP contribution in [0.4, 0.5) is 8.78 Å². The summed E-state index contributed by atoms with van der Waals surface area (Å²) in [5, 5.41) is 7.53. The van der Waals surface area contributed by atoms with Crippen molar-refractivity contribution >= 4 is 11.8 Å². The van der Waals surface area contributed by atoms with Crippen LogP contribution in [0, 0.1) is 0 Å². The van der Waals surface area contributed by atoms with Crippen LogP contribution in [0.5, 0.6) is 0 Å². The predicted molar refractivity (Wildman–Crippen MR) is 45.4 cm³/mol. The molecule has 0 bridgehead atoms. The number of hydrogen-bond acceptors (Lipinski definition) is 4. The first-order chi connectivity index (χ1) is 6.19. The van der Waals surface area contributed by atoms with E-state index in [2.05, 4.69) is 10.2 Å². The van der Waals surface area contributed by atoms with Crippen LogP contribution >= 0.6 is 11.8 Å². The van der Waals surface area contributed by atoms with Crippen LogP contribution in [-0.4, -0.2) is 20.5 Å². The average molecular weight is 208 g/mol. The SMILES string of the molecule is CCn1c(CN)nnc1SC(F)F. The standard InChI is InChI=1S/C6H10F2N4S/c1-2-12-4(3-9)10-11-6(12)13-5(7)8/h5H,2-3,9H2,1H3. The van der Waals surface area contributed by atoms with E-state index in [1.54, 1.807) is 4.57 Å². The van der Waals surface area contributed by atoms with E-state index in [0.717, 1.165) is 0 Å². The largest absolute Gasteiger partial charge is 0.324 e. The molecule has 0 amide bonds. The molecule has 0 atom stereocenters. The van der Waals surface area contributed by atoms with Gasteiger partial charge in [0.25, 0.3) is 5.76 Å². The molecule has 1 rings (SSSR count). The van der Waals surface area contributed by atoms with Crippen LogP contribution in [0.15, 0.2) is 5.16 Å². The molecule has 74 valence electrons. The maximum absolute atomic E-state index is 12.0. The Morgan fingerprint density at radius 1 is 1.54 bits per heavy atom. The molecule has 7 heteroatoms. The molecule has 0 aliphatic rings. The minimum atomic E-state index is -2.47. The quantitative estimate of drug-likeness (QED) is 0.752. The number of thioether (sulfide) groups is 1. The zero-order valence-corrected chi connectivity index (χ0v) is 7.89. The van der Waals surface area contributed by atoms with Gasteiger partial charge >= 0.3 is 0 Å². The topological polar surface area (TPSA) is 56.7 Å². The van der Waals surface area contributed by atoms with Crippen molar-refractivity contribution < 1.29 is 8.78 Å². The van der Waals surface area contributed by atoms with Crippen molar-refractivity contribution in [2.75, 3.05) is 0 Å². The van der Waals surface area contributed by atoms with Gasteiger partial charge in [-0.1, -0.05) is 0 Å². The van der Waals surface area contributed by atoms with Crippen molar-refractivity contribution in [1.82, 2.24) is 14.8 Å². The van der Waals surface area contributed by atoms with Gasteiger partial charge in [-0.3, -0.25) is 0 Å². The first kappa shape index (κ1) is 10.4. The summed E-state index contributed by atoms with van der Waals surface area (Å²) < 4.78 is 25.6. The summed E-state index contributed by atoms with van der Waals surface area (Å²) in [6.07, 6.45) is 0. The van der Waals surface area contributed by atoms with Gasteiger partial charge in [-0.05, 0) is 18.7 Å². The smallest absolute Gasteiger partial charge is 0.291 e. The van der Waals surface area contributed by atoms with E-state index < -0.39 is 5.76 Å². The number of nitrogens with zero attached hydrogens (tertiary/aromatic N) is 3. The Morgan fingerprint density at radius 3 is 2.69 bits per heavy atom. The maximum atomic E-state index is 12.0. The minimum Gasteiger partial charge on any atom is -0.324 e. The number of rotatable bonds is 4. The second-order valence-corrected chi connectivity index (χ2v) is 3.18. The summed E-state index contributed by atoms with van der Waals surface area (Å²) in [6, 6.07) is 0. The summed E-state index contributed by atoms with van der Waals surface area (Å²) in [5.74, 6) is -1.94. The lowest BCUT2D eigenvalue weighted by atomic mass is 10.6. The van der Waals surface area contributed by atoms with Gasteiger partial charge in [0, 0.05) is 6.54 Å². The van der Waals surface area contributed by atoms with Gasteiger partial charge in [0.15, 0.2) is 5.16 Å². The normalized spacial score (nSPS) is 11.2. The van der Waals surface area contributed by atoms with Crippen LogP contribution in [0.25, 0.3) is 0 Å². The first-order valence-corrected chi connectivity index (χ1v) is 4.64. The third-order valence-corrected chi connectivity index (χ3v) is 2.18. The second kappa shape index (κ2) is 4.52. The second-order valence-electron chi connectivity index (χ2n) is 2.23. The van der Waals surface area contributed by atoms with Crippen molar-refractivity contribution in [3.63, 3.8) is 0 Å². The number of alkyl halides is 2. The molecular weight excluding hydrogens is 198 g/mol. The molecular formula is C6H10F2N4S.